The van der Waals surface area contributed by atoms with Crippen LogP contribution < -0.4 is 0 Å². The van der Waals surface area contributed by atoms with E-state index in [-0.39, 0.29) is 12.2 Å². The first-order chi connectivity index (χ1) is 11.4. The molecule has 0 saturated carbocycles. The quantitative estimate of drug-likeness (QED) is 0.602. The number of carbonyl (C=O) groups is 2. The van der Waals surface area contributed by atoms with Gasteiger partial charge in [0.1, 0.15) is 0 Å². The molecular formula is C19H19BrO4. The van der Waals surface area contributed by atoms with Crippen molar-refractivity contribution >= 4 is 27.7 Å². The third kappa shape index (κ3) is 3.42. The van der Waals surface area contributed by atoms with Gasteiger partial charge in [-0.25, -0.2) is 4.79 Å². The second-order valence-electron chi connectivity index (χ2n) is 5.46. The van der Waals surface area contributed by atoms with E-state index in [1.165, 1.54) is 7.11 Å². The molecule has 0 radical (unpaired) electrons. The lowest BCUT2D eigenvalue weighted by atomic mass is 9.75. The molecule has 0 aromatic heterocycles. The molecule has 4 nitrogen and oxygen atoms in total. The number of methoxy groups -OCH3 is 1. The van der Waals surface area contributed by atoms with E-state index in [2.05, 4.69) is 15.9 Å². The maximum Gasteiger partial charge on any atom is 0.343 e. The zero-order valence-corrected chi connectivity index (χ0v) is 15.1. The van der Waals surface area contributed by atoms with Gasteiger partial charge in [-0.2, -0.15) is 0 Å². The number of esters is 1. The van der Waals surface area contributed by atoms with Gasteiger partial charge in [-0.15, -0.1) is 0 Å². The molecule has 24 heavy (non-hydrogen) atoms. The van der Waals surface area contributed by atoms with Crippen molar-refractivity contribution in [2.45, 2.75) is 18.9 Å². The van der Waals surface area contributed by atoms with Crippen LogP contribution in [-0.2, 0) is 15.1 Å². The molecular weight excluding hydrogens is 372 g/mol. The van der Waals surface area contributed by atoms with E-state index in [9.17, 15) is 14.7 Å². The zero-order chi connectivity index (χ0) is 17.7. The minimum Gasteiger partial charge on any atom is -0.467 e. The van der Waals surface area contributed by atoms with Crippen molar-refractivity contribution in [2.75, 3.05) is 7.11 Å². The molecule has 0 spiro atoms. The molecule has 0 unspecified atom stereocenters. The Morgan fingerprint density at radius 1 is 1.12 bits per heavy atom. The van der Waals surface area contributed by atoms with Crippen molar-refractivity contribution in [1.82, 2.24) is 0 Å². The van der Waals surface area contributed by atoms with E-state index in [1.807, 2.05) is 0 Å². The van der Waals surface area contributed by atoms with E-state index in [1.54, 1.807) is 61.5 Å². The highest BCUT2D eigenvalue weighted by atomic mass is 79.9. The fraction of sp³-hybridized carbons (Fsp3) is 0.263. The minimum atomic E-state index is -2.04. The summed E-state index contributed by atoms with van der Waals surface area (Å²) in [4.78, 5) is 25.3. The van der Waals surface area contributed by atoms with E-state index >= 15 is 0 Å². The highest BCUT2D eigenvalue weighted by Crippen LogP contribution is 2.36. The fourth-order valence-corrected chi connectivity index (χ4v) is 3.06. The molecule has 0 amide bonds. The first-order valence-electron chi connectivity index (χ1n) is 7.61. The molecule has 0 heterocycles. The van der Waals surface area contributed by atoms with Crippen molar-refractivity contribution < 1.29 is 19.4 Å². The summed E-state index contributed by atoms with van der Waals surface area (Å²) in [6.45, 7) is 1.76. The molecule has 0 aliphatic rings. The van der Waals surface area contributed by atoms with Crippen LogP contribution >= 0.6 is 15.9 Å². The summed E-state index contributed by atoms with van der Waals surface area (Å²) in [6, 6.07) is 15.3. The predicted molar refractivity (Wildman–Crippen MR) is 94.6 cm³/mol. The minimum absolute atomic E-state index is 0.287. The lowest BCUT2D eigenvalue weighted by molar-refractivity contribution is -0.168. The predicted octanol–water partition coefficient (Wildman–Crippen LogP) is 3.72. The summed E-state index contributed by atoms with van der Waals surface area (Å²) in [5, 5.41) is 11.2. The van der Waals surface area contributed by atoms with Gasteiger partial charge in [-0.05, 0) is 24.1 Å². The topological polar surface area (TPSA) is 63.6 Å². The van der Waals surface area contributed by atoms with E-state index in [0.29, 0.717) is 11.1 Å². The first kappa shape index (κ1) is 18.4. The smallest absolute Gasteiger partial charge is 0.343 e. The molecule has 0 aliphatic carbocycles. The number of hydrogen-bond acceptors (Lipinski definition) is 4. The summed E-state index contributed by atoms with van der Waals surface area (Å²) in [5.74, 6) is -2.09. The van der Waals surface area contributed by atoms with E-state index in [4.69, 9.17) is 4.74 Å². The number of ketones is 1. The fourth-order valence-electron chi connectivity index (χ4n) is 2.80. The third-order valence-corrected chi connectivity index (χ3v) is 4.60. The van der Waals surface area contributed by atoms with Gasteiger partial charge in [-0.1, -0.05) is 65.3 Å². The molecule has 0 bridgehead atoms. The number of hydrogen-bond donors (Lipinski definition) is 1. The molecule has 1 N–H and O–H groups in total. The number of aliphatic hydroxyl groups is 1. The van der Waals surface area contributed by atoms with Crippen LogP contribution in [0.25, 0.3) is 0 Å². The monoisotopic (exact) mass is 390 g/mol. The van der Waals surface area contributed by atoms with Gasteiger partial charge in [0.15, 0.2) is 11.4 Å². The average molecular weight is 391 g/mol. The molecule has 126 valence electrons. The Hall–Kier alpha value is -1.98. The largest absolute Gasteiger partial charge is 0.467 e. The van der Waals surface area contributed by atoms with E-state index < -0.39 is 17.5 Å². The van der Waals surface area contributed by atoms with Crippen molar-refractivity contribution in [2.24, 2.45) is 5.92 Å². The number of rotatable bonds is 6. The second-order valence-corrected chi connectivity index (χ2v) is 6.37. The Morgan fingerprint density at radius 3 is 2.21 bits per heavy atom. The molecule has 0 aliphatic heterocycles. The number of halogens is 1. The van der Waals surface area contributed by atoms with Crippen LogP contribution in [0.3, 0.4) is 0 Å². The summed E-state index contributed by atoms with van der Waals surface area (Å²) in [5.41, 5.74) is -1.27. The van der Waals surface area contributed by atoms with Gasteiger partial charge >= 0.3 is 5.97 Å². The van der Waals surface area contributed by atoms with Gasteiger partial charge in [-0.3, -0.25) is 4.79 Å². The molecule has 5 heteroatoms. The summed E-state index contributed by atoms with van der Waals surface area (Å²) >= 11 is 3.32. The van der Waals surface area contributed by atoms with Gasteiger partial charge < -0.3 is 9.84 Å². The van der Waals surface area contributed by atoms with Crippen LogP contribution in [0.4, 0.5) is 0 Å². The maximum atomic E-state index is 12.9. The summed E-state index contributed by atoms with van der Waals surface area (Å²) < 4.78 is 5.62. The van der Waals surface area contributed by atoms with Gasteiger partial charge in [0.2, 0.25) is 0 Å². The van der Waals surface area contributed by atoms with Crippen molar-refractivity contribution in [3.8, 4) is 0 Å². The summed E-state index contributed by atoms with van der Waals surface area (Å²) in [6.07, 6.45) is 0.287. The molecule has 2 rings (SSSR count). The first-order valence-corrected chi connectivity index (χ1v) is 8.40. The molecule has 2 atom stereocenters. The van der Waals surface area contributed by atoms with Crippen molar-refractivity contribution in [3.63, 3.8) is 0 Å². The maximum absolute atomic E-state index is 12.9. The Labute approximate surface area is 149 Å². The number of Topliss-reactive ketones (excluding diaryl/α,β-unsaturated/α-hetero) is 1. The molecule has 2 aromatic rings. The highest BCUT2D eigenvalue weighted by Gasteiger charge is 2.49. The van der Waals surface area contributed by atoms with Crippen molar-refractivity contribution in [3.05, 3.63) is 70.2 Å². The zero-order valence-electron chi connectivity index (χ0n) is 13.5. The van der Waals surface area contributed by atoms with Crippen molar-refractivity contribution in [1.29, 1.82) is 0 Å². The Balaban J connectivity index is 2.54. The molecule has 0 saturated heterocycles. The Morgan fingerprint density at radius 2 is 1.71 bits per heavy atom. The number of carbonyl (C=O) groups excluding carboxylic acids is 2. The molecule has 0 fully saturated rings. The van der Waals surface area contributed by atoms with Crippen LogP contribution in [0, 0.1) is 5.92 Å². The van der Waals surface area contributed by atoms with Gasteiger partial charge in [0.05, 0.1) is 13.0 Å². The third-order valence-electron chi connectivity index (χ3n) is 4.07. The number of benzene rings is 2. The van der Waals surface area contributed by atoms with Crippen LogP contribution in [-0.4, -0.2) is 24.0 Å². The Kier molecular flexibility index (Phi) is 5.91. The average Bonchev–Trinajstić information content (AvgIpc) is 2.62. The summed E-state index contributed by atoms with van der Waals surface area (Å²) in [7, 11) is 1.20. The Bertz CT molecular complexity index is 712. The standard InChI is InChI=1S/C19H19BrO4/c1-3-16(17(21)13-7-5-4-6-8-13)19(23,18(22)24-2)14-9-11-15(20)12-10-14/h4-12,16,23H,3H2,1-2H3/t16-,19-/m0/s1. The van der Waals surface area contributed by atoms with Gasteiger partial charge in [0, 0.05) is 10.0 Å². The second kappa shape index (κ2) is 7.73. The van der Waals surface area contributed by atoms with Crippen LogP contribution in [0.1, 0.15) is 29.3 Å². The normalized spacial score (nSPS) is 14.5. The van der Waals surface area contributed by atoms with Crippen LogP contribution in [0.15, 0.2) is 59.1 Å². The lowest BCUT2D eigenvalue weighted by Crippen LogP contribution is -2.47. The number of ether oxygens (including phenoxy) is 1. The molecule has 2 aromatic carbocycles. The van der Waals surface area contributed by atoms with E-state index in [0.717, 1.165) is 4.47 Å². The van der Waals surface area contributed by atoms with Crippen LogP contribution in [0.2, 0.25) is 0 Å². The lowest BCUT2D eigenvalue weighted by Gasteiger charge is -2.32. The van der Waals surface area contributed by atoms with Crippen LogP contribution in [0.5, 0.6) is 0 Å². The van der Waals surface area contributed by atoms with Gasteiger partial charge in [0.25, 0.3) is 0 Å². The SMILES string of the molecule is CC[C@@H](C(=O)c1ccccc1)[C@](O)(C(=O)OC)c1ccc(Br)cc1. The highest BCUT2D eigenvalue weighted by molar-refractivity contribution is 9.10.